The Morgan fingerprint density at radius 1 is 1.19 bits per heavy atom. The smallest absolute Gasteiger partial charge is 0.323 e. The number of anilines is 1. The third kappa shape index (κ3) is 4.42. The van der Waals surface area contributed by atoms with Crippen LogP contribution in [0.15, 0.2) is 48.9 Å². The van der Waals surface area contributed by atoms with E-state index in [2.05, 4.69) is 32.5 Å². The molecule has 1 aromatic carbocycles. The highest BCUT2D eigenvalue weighted by atomic mass is 32.1. The molecule has 1 spiro atoms. The number of methoxy groups -OCH3 is 1. The van der Waals surface area contributed by atoms with E-state index >= 15 is 0 Å². The molecule has 36 heavy (non-hydrogen) atoms. The summed E-state index contributed by atoms with van der Waals surface area (Å²) in [5, 5.41) is 8.10. The van der Waals surface area contributed by atoms with Gasteiger partial charge in [-0.2, -0.15) is 5.10 Å². The maximum Gasteiger partial charge on any atom is 0.323 e. The van der Waals surface area contributed by atoms with Gasteiger partial charge in [-0.3, -0.25) is 10.00 Å². The number of aromatic nitrogens is 4. The van der Waals surface area contributed by atoms with Crippen LogP contribution in [0.25, 0.3) is 21.3 Å². The Hall–Kier alpha value is -3.50. The lowest BCUT2D eigenvalue weighted by Gasteiger charge is -2.33. The summed E-state index contributed by atoms with van der Waals surface area (Å²) in [5.74, 6) is 0.435. The van der Waals surface area contributed by atoms with Gasteiger partial charge in [-0.15, -0.1) is 0 Å². The Morgan fingerprint density at radius 2 is 2.03 bits per heavy atom. The van der Waals surface area contributed by atoms with E-state index in [0.717, 1.165) is 61.4 Å². The summed E-state index contributed by atoms with van der Waals surface area (Å²) >= 11 is 1.43. The number of ether oxygens (including phenoxy) is 2. The maximum absolute atomic E-state index is 13.1. The molecule has 4 aromatic rings. The van der Waals surface area contributed by atoms with Crippen LogP contribution in [0.3, 0.4) is 0 Å². The lowest BCUT2D eigenvalue weighted by molar-refractivity contribution is 0.0211. The fourth-order valence-corrected chi connectivity index (χ4v) is 6.13. The predicted octanol–water partition coefficient (Wildman–Crippen LogP) is 4.65. The number of carbonyl (C=O) groups excluding carboxylic acids is 1. The highest BCUT2D eigenvalue weighted by Gasteiger charge is 2.41. The molecule has 5 heterocycles. The highest BCUT2D eigenvalue weighted by Crippen LogP contribution is 2.41. The van der Waals surface area contributed by atoms with Crippen LogP contribution in [0.1, 0.15) is 24.8 Å². The SMILES string of the molecule is COc1ncc(-c2cnn(Cc3ccccc3)c2)c2sc(NC(=O)N3CCC4(CCOCC4)C3)nc12. The molecule has 2 fully saturated rings. The average Bonchev–Trinajstić information content (AvgIpc) is 3.64. The van der Waals surface area contributed by atoms with Crippen LogP contribution in [0.4, 0.5) is 9.93 Å². The van der Waals surface area contributed by atoms with E-state index in [1.807, 2.05) is 40.2 Å². The molecule has 6 rings (SSSR count). The number of benzene rings is 1. The van der Waals surface area contributed by atoms with Crippen molar-refractivity contribution in [1.29, 1.82) is 0 Å². The van der Waals surface area contributed by atoms with E-state index in [4.69, 9.17) is 9.47 Å². The van der Waals surface area contributed by atoms with E-state index < -0.39 is 0 Å². The Labute approximate surface area is 213 Å². The molecule has 2 saturated heterocycles. The van der Waals surface area contributed by atoms with Crippen LogP contribution in [-0.2, 0) is 11.3 Å². The van der Waals surface area contributed by atoms with E-state index in [1.54, 1.807) is 13.3 Å². The van der Waals surface area contributed by atoms with Crippen molar-refractivity contribution in [2.45, 2.75) is 25.8 Å². The molecule has 9 nitrogen and oxygen atoms in total. The van der Waals surface area contributed by atoms with Crippen molar-refractivity contribution in [2.24, 2.45) is 5.41 Å². The topological polar surface area (TPSA) is 94.4 Å². The molecule has 3 aromatic heterocycles. The first kappa shape index (κ1) is 22.9. The second kappa shape index (κ2) is 9.51. The second-order valence-electron chi connectivity index (χ2n) is 9.50. The first-order chi connectivity index (χ1) is 17.6. The first-order valence-corrected chi connectivity index (χ1v) is 13.0. The lowest BCUT2D eigenvalue weighted by atomic mass is 9.80. The van der Waals surface area contributed by atoms with Crippen molar-refractivity contribution in [3.8, 4) is 17.0 Å². The minimum atomic E-state index is -0.110. The van der Waals surface area contributed by atoms with Gasteiger partial charge >= 0.3 is 6.03 Å². The number of nitrogens with one attached hydrogen (secondary N) is 1. The molecular weight excluding hydrogens is 476 g/mol. The molecule has 186 valence electrons. The Bertz CT molecular complexity index is 1380. The maximum atomic E-state index is 13.1. The molecule has 10 heteroatoms. The van der Waals surface area contributed by atoms with Gasteiger partial charge in [0, 0.05) is 49.8 Å². The fourth-order valence-electron chi connectivity index (χ4n) is 5.15. The lowest BCUT2D eigenvalue weighted by Crippen LogP contribution is -2.37. The van der Waals surface area contributed by atoms with Gasteiger partial charge in [0.25, 0.3) is 0 Å². The highest BCUT2D eigenvalue weighted by molar-refractivity contribution is 7.23. The summed E-state index contributed by atoms with van der Waals surface area (Å²) < 4.78 is 13.8. The van der Waals surface area contributed by atoms with Crippen LogP contribution < -0.4 is 10.1 Å². The van der Waals surface area contributed by atoms with Crippen LogP contribution in [-0.4, -0.2) is 64.1 Å². The monoisotopic (exact) mass is 504 g/mol. The average molecular weight is 505 g/mol. The normalized spacial score (nSPS) is 17.1. The summed E-state index contributed by atoms with van der Waals surface area (Å²) in [6, 6.07) is 10.1. The number of hydrogen-bond donors (Lipinski definition) is 1. The number of carbonyl (C=O) groups is 1. The second-order valence-corrected chi connectivity index (χ2v) is 10.5. The molecule has 0 aliphatic carbocycles. The summed E-state index contributed by atoms with van der Waals surface area (Å²) in [6.07, 6.45) is 8.68. The Kier molecular flexibility index (Phi) is 6.06. The Balaban J connectivity index is 1.24. The number of fused-ring (bicyclic) bond motifs is 1. The van der Waals surface area contributed by atoms with Crippen molar-refractivity contribution in [3.63, 3.8) is 0 Å². The number of urea groups is 1. The third-order valence-corrected chi connectivity index (χ3v) is 8.21. The van der Waals surface area contributed by atoms with Crippen molar-refractivity contribution in [2.75, 3.05) is 38.7 Å². The van der Waals surface area contributed by atoms with Crippen molar-refractivity contribution in [1.82, 2.24) is 24.6 Å². The number of nitrogens with zero attached hydrogens (tertiary/aromatic N) is 5. The molecule has 0 unspecified atom stereocenters. The number of amides is 2. The number of rotatable bonds is 5. The van der Waals surface area contributed by atoms with E-state index in [-0.39, 0.29) is 11.4 Å². The van der Waals surface area contributed by atoms with Crippen molar-refractivity contribution >= 4 is 32.7 Å². The molecule has 2 aliphatic rings. The van der Waals surface area contributed by atoms with Gasteiger partial charge in [-0.1, -0.05) is 41.7 Å². The van der Waals surface area contributed by atoms with Gasteiger partial charge in [-0.05, 0) is 30.2 Å². The quantitative estimate of drug-likeness (QED) is 0.425. The van der Waals surface area contributed by atoms with Gasteiger partial charge in [0.2, 0.25) is 5.88 Å². The predicted molar refractivity (Wildman–Crippen MR) is 138 cm³/mol. The largest absolute Gasteiger partial charge is 0.479 e. The van der Waals surface area contributed by atoms with Gasteiger partial charge in [0.1, 0.15) is 5.52 Å². The van der Waals surface area contributed by atoms with Gasteiger partial charge < -0.3 is 14.4 Å². The molecule has 0 bridgehead atoms. The zero-order valence-electron chi connectivity index (χ0n) is 20.1. The first-order valence-electron chi connectivity index (χ1n) is 12.2. The zero-order valence-corrected chi connectivity index (χ0v) is 21.0. The number of likely N-dealkylation sites (tertiary alicyclic amines) is 1. The minimum absolute atomic E-state index is 0.110. The molecule has 2 amide bonds. The van der Waals surface area contributed by atoms with Crippen molar-refractivity contribution < 1.29 is 14.3 Å². The van der Waals surface area contributed by atoms with Gasteiger partial charge in [0.15, 0.2) is 5.13 Å². The van der Waals surface area contributed by atoms with E-state index in [1.165, 1.54) is 16.9 Å². The third-order valence-electron chi connectivity index (χ3n) is 7.20. The number of thiazole rings is 1. The van der Waals surface area contributed by atoms with Crippen molar-refractivity contribution in [3.05, 3.63) is 54.5 Å². The van der Waals surface area contributed by atoms with Crippen LogP contribution in [0.2, 0.25) is 0 Å². The fraction of sp³-hybridized carbons (Fsp3) is 0.385. The summed E-state index contributed by atoms with van der Waals surface area (Å²) in [4.78, 5) is 24.2. The van der Waals surface area contributed by atoms with Gasteiger partial charge in [0.05, 0.1) is 24.6 Å². The molecular formula is C26H28N6O3S. The molecule has 1 N–H and O–H groups in total. The van der Waals surface area contributed by atoms with Crippen LogP contribution in [0, 0.1) is 5.41 Å². The van der Waals surface area contributed by atoms with E-state index in [9.17, 15) is 4.79 Å². The number of hydrogen-bond acceptors (Lipinski definition) is 7. The number of pyridine rings is 1. The van der Waals surface area contributed by atoms with Gasteiger partial charge in [-0.25, -0.2) is 14.8 Å². The molecule has 0 atom stereocenters. The van der Waals surface area contributed by atoms with E-state index in [0.29, 0.717) is 23.1 Å². The summed E-state index contributed by atoms with van der Waals surface area (Å²) in [5.41, 5.74) is 3.86. The zero-order chi connectivity index (χ0) is 24.5. The minimum Gasteiger partial charge on any atom is -0.479 e. The molecule has 0 saturated carbocycles. The van der Waals surface area contributed by atoms with Crippen LogP contribution >= 0.6 is 11.3 Å². The standard InChI is InChI=1S/C26H28N6O3S/c1-34-23-21-22(20(14-27-23)19-13-28-32(16-19)15-18-5-3-2-4-6-18)36-24(29-21)30-25(33)31-10-7-26(17-31)8-11-35-12-9-26/h2-6,13-14,16H,7-12,15,17H2,1H3,(H,29,30,33). The molecule has 0 radical (unpaired) electrons. The summed E-state index contributed by atoms with van der Waals surface area (Å²) in [6.45, 7) is 3.77. The Morgan fingerprint density at radius 3 is 2.83 bits per heavy atom. The summed E-state index contributed by atoms with van der Waals surface area (Å²) in [7, 11) is 1.58. The van der Waals surface area contributed by atoms with Crippen LogP contribution in [0.5, 0.6) is 5.88 Å². The molecule has 2 aliphatic heterocycles.